The molecule has 2 aromatic carbocycles. The molecule has 2 unspecified atom stereocenters. The molecule has 2 aromatic rings. The van der Waals surface area contributed by atoms with Crippen LogP contribution in [0, 0.1) is 0 Å². The third-order valence-electron chi connectivity index (χ3n) is 6.24. The predicted molar refractivity (Wildman–Crippen MR) is 118 cm³/mol. The highest BCUT2D eigenvalue weighted by molar-refractivity contribution is 5.98. The van der Waals surface area contributed by atoms with Crippen LogP contribution >= 0.6 is 0 Å². The van der Waals surface area contributed by atoms with Gasteiger partial charge in [0.2, 0.25) is 0 Å². The first-order valence-electron chi connectivity index (χ1n) is 11.2. The Kier molecular flexibility index (Phi) is 6.58. The van der Waals surface area contributed by atoms with Gasteiger partial charge in [0.25, 0.3) is 5.91 Å². The standard InChI is InChI=1S/C25H32N2O3/c1-3-29-23-12-8-11-22(24(23)30-4-2)25(28)26-19-15-20-13-14-21(16-19)27(20)17-18-9-6-5-7-10-18/h5-12,19-21H,3-4,13-17H2,1-2H3,(H,26,28). The number of carbonyl (C=O) groups is 1. The van der Waals surface area contributed by atoms with E-state index in [4.69, 9.17) is 9.47 Å². The summed E-state index contributed by atoms with van der Waals surface area (Å²) in [5, 5.41) is 3.29. The zero-order chi connectivity index (χ0) is 20.9. The van der Waals surface area contributed by atoms with Crippen molar-refractivity contribution in [1.82, 2.24) is 10.2 Å². The van der Waals surface area contributed by atoms with Crippen LogP contribution < -0.4 is 14.8 Å². The first-order valence-corrected chi connectivity index (χ1v) is 11.2. The number of benzene rings is 2. The van der Waals surface area contributed by atoms with Crippen molar-refractivity contribution < 1.29 is 14.3 Å². The van der Waals surface area contributed by atoms with Crippen molar-refractivity contribution in [3.05, 3.63) is 59.7 Å². The van der Waals surface area contributed by atoms with Crippen LogP contribution in [0.15, 0.2) is 48.5 Å². The smallest absolute Gasteiger partial charge is 0.255 e. The number of hydrogen-bond acceptors (Lipinski definition) is 4. The fraction of sp³-hybridized carbons (Fsp3) is 0.480. The highest BCUT2D eigenvalue weighted by Gasteiger charge is 2.41. The Hall–Kier alpha value is -2.53. The third-order valence-corrected chi connectivity index (χ3v) is 6.24. The number of nitrogens with zero attached hydrogens (tertiary/aromatic N) is 1. The molecule has 0 aromatic heterocycles. The van der Waals surface area contributed by atoms with E-state index >= 15 is 0 Å². The molecule has 0 aliphatic carbocycles. The molecule has 2 fully saturated rings. The number of fused-ring (bicyclic) bond motifs is 2. The van der Waals surface area contributed by atoms with Crippen molar-refractivity contribution in [2.45, 2.75) is 64.2 Å². The lowest BCUT2D eigenvalue weighted by molar-refractivity contribution is 0.0824. The number of carbonyl (C=O) groups excluding carboxylic acids is 1. The minimum absolute atomic E-state index is 0.0686. The predicted octanol–water partition coefficient (Wildman–Crippen LogP) is 4.41. The summed E-state index contributed by atoms with van der Waals surface area (Å²) >= 11 is 0. The first kappa shape index (κ1) is 20.7. The Labute approximate surface area is 179 Å². The monoisotopic (exact) mass is 408 g/mol. The van der Waals surface area contributed by atoms with Crippen LogP contribution in [-0.4, -0.2) is 42.1 Å². The summed E-state index contributed by atoms with van der Waals surface area (Å²) in [7, 11) is 0. The van der Waals surface area contributed by atoms with Crippen LogP contribution in [0.3, 0.4) is 0 Å². The Balaban J connectivity index is 1.43. The zero-order valence-corrected chi connectivity index (χ0v) is 18.0. The normalized spacial score (nSPS) is 23.2. The number of para-hydroxylation sites is 1. The lowest BCUT2D eigenvalue weighted by atomic mass is 9.96. The van der Waals surface area contributed by atoms with Crippen molar-refractivity contribution in [3.63, 3.8) is 0 Å². The molecule has 5 nitrogen and oxygen atoms in total. The molecule has 2 heterocycles. The average molecular weight is 409 g/mol. The van der Waals surface area contributed by atoms with Gasteiger partial charge in [0.05, 0.1) is 18.8 Å². The maximum atomic E-state index is 13.1. The van der Waals surface area contributed by atoms with Crippen LogP contribution in [0.1, 0.15) is 55.5 Å². The summed E-state index contributed by atoms with van der Waals surface area (Å²) in [6, 6.07) is 17.5. The molecular formula is C25H32N2O3. The van der Waals surface area contributed by atoms with Crippen LogP contribution in [0.5, 0.6) is 11.5 Å². The number of amides is 1. The van der Waals surface area contributed by atoms with E-state index in [-0.39, 0.29) is 11.9 Å². The third kappa shape index (κ3) is 4.46. The molecule has 30 heavy (non-hydrogen) atoms. The fourth-order valence-corrected chi connectivity index (χ4v) is 4.96. The summed E-state index contributed by atoms with van der Waals surface area (Å²) in [5.74, 6) is 1.11. The van der Waals surface area contributed by atoms with Crippen molar-refractivity contribution in [2.75, 3.05) is 13.2 Å². The quantitative estimate of drug-likeness (QED) is 0.703. The van der Waals surface area contributed by atoms with Crippen LogP contribution in [0.4, 0.5) is 0 Å². The molecule has 160 valence electrons. The van der Waals surface area contributed by atoms with Gasteiger partial charge >= 0.3 is 0 Å². The Morgan fingerprint density at radius 2 is 1.67 bits per heavy atom. The van der Waals surface area contributed by atoms with Gasteiger partial charge in [-0.3, -0.25) is 9.69 Å². The summed E-state index contributed by atoms with van der Waals surface area (Å²) in [4.78, 5) is 15.7. The molecule has 2 aliphatic rings. The second-order valence-corrected chi connectivity index (χ2v) is 8.18. The van der Waals surface area contributed by atoms with E-state index in [2.05, 4.69) is 40.5 Å². The Morgan fingerprint density at radius 3 is 2.33 bits per heavy atom. The van der Waals surface area contributed by atoms with E-state index in [1.54, 1.807) is 0 Å². The first-order chi connectivity index (χ1) is 14.7. The van der Waals surface area contributed by atoms with Gasteiger partial charge in [0.1, 0.15) is 0 Å². The highest BCUT2D eigenvalue weighted by atomic mass is 16.5. The molecule has 0 saturated carbocycles. The van der Waals surface area contributed by atoms with E-state index in [0.717, 1.165) is 19.4 Å². The minimum Gasteiger partial charge on any atom is -0.490 e. The highest BCUT2D eigenvalue weighted by Crippen LogP contribution is 2.37. The fourth-order valence-electron chi connectivity index (χ4n) is 4.96. The molecule has 0 radical (unpaired) electrons. The van der Waals surface area contributed by atoms with Gasteiger partial charge in [0.15, 0.2) is 11.5 Å². The van der Waals surface area contributed by atoms with E-state index < -0.39 is 0 Å². The molecule has 4 rings (SSSR count). The van der Waals surface area contributed by atoms with Crippen molar-refractivity contribution in [2.24, 2.45) is 0 Å². The topological polar surface area (TPSA) is 50.8 Å². The number of piperidine rings is 1. The molecule has 2 bridgehead atoms. The van der Waals surface area contributed by atoms with Gasteiger partial charge in [0, 0.05) is 24.7 Å². The van der Waals surface area contributed by atoms with E-state index in [0.29, 0.717) is 42.4 Å². The van der Waals surface area contributed by atoms with Gasteiger partial charge < -0.3 is 14.8 Å². The number of nitrogens with one attached hydrogen (secondary N) is 1. The van der Waals surface area contributed by atoms with Crippen molar-refractivity contribution in [3.8, 4) is 11.5 Å². The van der Waals surface area contributed by atoms with Crippen molar-refractivity contribution in [1.29, 1.82) is 0 Å². The second-order valence-electron chi connectivity index (χ2n) is 8.18. The zero-order valence-electron chi connectivity index (χ0n) is 18.0. The summed E-state index contributed by atoms with van der Waals surface area (Å²) in [5.41, 5.74) is 1.92. The molecule has 2 atom stereocenters. The Morgan fingerprint density at radius 1 is 0.967 bits per heavy atom. The molecule has 5 heteroatoms. The summed E-state index contributed by atoms with van der Waals surface area (Å²) in [6.45, 7) is 5.88. The number of ether oxygens (including phenoxy) is 2. The molecule has 2 aliphatic heterocycles. The minimum atomic E-state index is -0.0686. The van der Waals surface area contributed by atoms with Gasteiger partial charge in [-0.05, 0) is 57.2 Å². The maximum absolute atomic E-state index is 13.1. The molecule has 1 amide bonds. The van der Waals surface area contributed by atoms with E-state index in [1.807, 2.05) is 32.0 Å². The largest absolute Gasteiger partial charge is 0.490 e. The average Bonchev–Trinajstić information content (AvgIpc) is 2.98. The van der Waals surface area contributed by atoms with E-state index in [9.17, 15) is 4.79 Å². The van der Waals surface area contributed by atoms with Gasteiger partial charge in [-0.1, -0.05) is 36.4 Å². The second kappa shape index (κ2) is 9.52. The van der Waals surface area contributed by atoms with E-state index in [1.165, 1.54) is 18.4 Å². The van der Waals surface area contributed by atoms with Crippen LogP contribution in [0.25, 0.3) is 0 Å². The maximum Gasteiger partial charge on any atom is 0.255 e. The number of rotatable bonds is 8. The summed E-state index contributed by atoms with van der Waals surface area (Å²) < 4.78 is 11.4. The lowest BCUT2D eigenvalue weighted by Crippen LogP contribution is -2.50. The van der Waals surface area contributed by atoms with Gasteiger partial charge in [-0.2, -0.15) is 0 Å². The lowest BCUT2D eigenvalue weighted by Gasteiger charge is -2.39. The van der Waals surface area contributed by atoms with Gasteiger partial charge in [-0.15, -0.1) is 0 Å². The van der Waals surface area contributed by atoms with Crippen LogP contribution in [-0.2, 0) is 6.54 Å². The molecule has 1 N–H and O–H groups in total. The molecular weight excluding hydrogens is 376 g/mol. The SMILES string of the molecule is CCOc1cccc(C(=O)NC2CC3CCC(C2)N3Cc2ccccc2)c1OCC. The van der Waals surface area contributed by atoms with Crippen molar-refractivity contribution >= 4 is 5.91 Å². The van der Waals surface area contributed by atoms with Crippen LogP contribution in [0.2, 0.25) is 0 Å². The number of hydrogen-bond donors (Lipinski definition) is 1. The molecule has 0 spiro atoms. The summed E-state index contributed by atoms with van der Waals surface area (Å²) in [6.07, 6.45) is 4.44. The Bertz CT molecular complexity index is 841. The molecule has 2 saturated heterocycles. The van der Waals surface area contributed by atoms with Gasteiger partial charge in [-0.25, -0.2) is 0 Å².